The van der Waals surface area contributed by atoms with Gasteiger partial charge < -0.3 is 20.1 Å². The summed E-state index contributed by atoms with van der Waals surface area (Å²) < 4.78 is 10.3. The summed E-state index contributed by atoms with van der Waals surface area (Å²) in [6.45, 7) is 6.15. The van der Waals surface area contributed by atoms with Gasteiger partial charge in [0.2, 0.25) is 5.88 Å². The van der Waals surface area contributed by atoms with Gasteiger partial charge in [0.05, 0.1) is 32.2 Å². The molecule has 0 bridgehead atoms. The molecule has 7 nitrogen and oxygen atoms in total. The predicted octanol–water partition coefficient (Wildman–Crippen LogP) is 0.932. The molecule has 0 saturated carbocycles. The molecular formula is C14H22N4O3. The Kier molecular flexibility index (Phi) is 5.77. The number of urea groups is 1. The molecule has 1 fully saturated rings. The van der Waals surface area contributed by atoms with Crippen molar-refractivity contribution in [2.24, 2.45) is 0 Å². The summed E-state index contributed by atoms with van der Waals surface area (Å²) in [5, 5.41) is 5.66. The summed E-state index contributed by atoms with van der Waals surface area (Å²) in [5.41, 5.74) is 0.631. The lowest BCUT2D eigenvalue weighted by molar-refractivity contribution is 0.0350. The van der Waals surface area contributed by atoms with Crippen molar-refractivity contribution in [3.8, 4) is 5.88 Å². The molecule has 1 atom stereocenters. The number of hydrogen-bond acceptors (Lipinski definition) is 5. The summed E-state index contributed by atoms with van der Waals surface area (Å²) in [6, 6.07) is 3.28. The number of hydrogen-bond donors (Lipinski definition) is 2. The van der Waals surface area contributed by atoms with Crippen molar-refractivity contribution in [1.82, 2.24) is 15.2 Å². The average Bonchev–Trinajstić information content (AvgIpc) is 2.48. The van der Waals surface area contributed by atoms with Crippen LogP contribution in [0.5, 0.6) is 5.88 Å². The minimum atomic E-state index is -0.234. The van der Waals surface area contributed by atoms with E-state index in [1.54, 1.807) is 25.4 Å². The van der Waals surface area contributed by atoms with Crippen LogP contribution in [0.1, 0.15) is 6.92 Å². The molecule has 2 N–H and O–H groups in total. The SMILES string of the molecule is COc1ccc(NC(=O)N[C@H](C)CN2CCOCC2)cn1. The monoisotopic (exact) mass is 294 g/mol. The molecule has 0 aromatic carbocycles. The average molecular weight is 294 g/mol. The van der Waals surface area contributed by atoms with Gasteiger partial charge in [-0.05, 0) is 13.0 Å². The van der Waals surface area contributed by atoms with E-state index in [0.717, 1.165) is 32.8 Å². The number of amides is 2. The van der Waals surface area contributed by atoms with Gasteiger partial charge in [-0.3, -0.25) is 4.90 Å². The first-order valence-corrected chi connectivity index (χ1v) is 7.05. The molecule has 1 saturated heterocycles. The maximum atomic E-state index is 11.9. The van der Waals surface area contributed by atoms with E-state index in [2.05, 4.69) is 20.5 Å². The van der Waals surface area contributed by atoms with Crippen LogP contribution < -0.4 is 15.4 Å². The maximum absolute atomic E-state index is 11.9. The van der Waals surface area contributed by atoms with Crippen LogP contribution in [-0.4, -0.2) is 61.9 Å². The second-order valence-corrected chi connectivity index (χ2v) is 5.00. The van der Waals surface area contributed by atoms with Crippen LogP contribution in [0, 0.1) is 0 Å². The Morgan fingerprint density at radius 3 is 2.86 bits per heavy atom. The number of methoxy groups -OCH3 is 1. The van der Waals surface area contributed by atoms with Crippen LogP contribution in [0.4, 0.5) is 10.5 Å². The number of aromatic nitrogens is 1. The Morgan fingerprint density at radius 1 is 1.48 bits per heavy atom. The van der Waals surface area contributed by atoms with E-state index in [1.807, 2.05) is 6.92 Å². The number of pyridine rings is 1. The smallest absolute Gasteiger partial charge is 0.319 e. The molecule has 0 radical (unpaired) electrons. The number of nitrogens with one attached hydrogen (secondary N) is 2. The minimum Gasteiger partial charge on any atom is -0.481 e. The fourth-order valence-electron chi connectivity index (χ4n) is 2.18. The quantitative estimate of drug-likeness (QED) is 0.845. The number of carbonyl (C=O) groups excluding carboxylic acids is 1. The van der Waals surface area contributed by atoms with Gasteiger partial charge in [0, 0.05) is 31.7 Å². The Balaban J connectivity index is 1.74. The third kappa shape index (κ3) is 5.20. The number of nitrogens with zero attached hydrogens (tertiary/aromatic N) is 2. The van der Waals surface area contributed by atoms with Crippen molar-refractivity contribution in [2.75, 3.05) is 45.3 Å². The Morgan fingerprint density at radius 2 is 2.24 bits per heavy atom. The van der Waals surface area contributed by atoms with Gasteiger partial charge in [0.1, 0.15) is 0 Å². The molecule has 7 heteroatoms. The molecule has 2 heterocycles. The Labute approximate surface area is 124 Å². The first-order valence-electron chi connectivity index (χ1n) is 7.05. The summed E-state index contributed by atoms with van der Waals surface area (Å²) in [5.74, 6) is 0.515. The maximum Gasteiger partial charge on any atom is 0.319 e. The number of rotatable bonds is 5. The fraction of sp³-hybridized carbons (Fsp3) is 0.571. The molecule has 0 aliphatic carbocycles. The standard InChI is InChI=1S/C14H22N4O3/c1-11(10-18-5-7-21-8-6-18)16-14(19)17-12-3-4-13(20-2)15-9-12/h3-4,9,11H,5-8,10H2,1-2H3,(H2,16,17,19)/t11-/m1/s1. The molecular weight excluding hydrogens is 272 g/mol. The zero-order chi connectivity index (χ0) is 15.1. The summed E-state index contributed by atoms with van der Waals surface area (Å²) >= 11 is 0. The number of ether oxygens (including phenoxy) is 2. The molecule has 116 valence electrons. The summed E-state index contributed by atoms with van der Waals surface area (Å²) in [6.07, 6.45) is 1.56. The van der Waals surface area contributed by atoms with Crippen molar-refractivity contribution >= 4 is 11.7 Å². The number of morpholine rings is 1. The second kappa shape index (κ2) is 7.80. The topological polar surface area (TPSA) is 75.7 Å². The predicted molar refractivity (Wildman–Crippen MR) is 79.7 cm³/mol. The van der Waals surface area contributed by atoms with Gasteiger partial charge in [0.15, 0.2) is 0 Å². The van der Waals surface area contributed by atoms with Gasteiger partial charge in [0.25, 0.3) is 0 Å². The van der Waals surface area contributed by atoms with Gasteiger partial charge in [-0.1, -0.05) is 0 Å². The first kappa shape index (κ1) is 15.5. The highest BCUT2D eigenvalue weighted by Gasteiger charge is 2.15. The molecule has 2 amide bonds. The summed E-state index contributed by atoms with van der Waals surface area (Å²) in [4.78, 5) is 18.2. The third-order valence-electron chi connectivity index (χ3n) is 3.22. The van der Waals surface area contributed by atoms with E-state index < -0.39 is 0 Å². The van der Waals surface area contributed by atoms with Crippen LogP contribution in [-0.2, 0) is 4.74 Å². The van der Waals surface area contributed by atoms with Crippen molar-refractivity contribution < 1.29 is 14.3 Å². The molecule has 1 aliphatic heterocycles. The highest BCUT2D eigenvalue weighted by molar-refractivity contribution is 5.89. The van der Waals surface area contributed by atoms with Gasteiger partial charge >= 0.3 is 6.03 Å². The highest BCUT2D eigenvalue weighted by atomic mass is 16.5. The molecule has 2 rings (SSSR count). The van der Waals surface area contributed by atoms with Gasteiger partial charge in [-0.2, -0.15) is 0 Å². The van der Waals surface area contributed by atoms with E-state index in [0.29, 0.717) is 11.6 Å². The highest BCUT2D eigenvalue weighted by Crippen LogP contribution is 2.10. The minimum absolute atomic E-state index is 0.0642. The van der Waals surface area contributed by atoms with Gasteiger partial charge in [-0.15, -0.1) is 0 Å². The van der Waals surface area contributed by atoms with Crippen LogP contribution in [0.2, 0.25) is 0 Å². The molecule has 1 aliphatic rings. The second-order valence-electron chi connectivity index (χ2n) is 5.00. The molecule has 0 unspecified atom stereocenters. The summed E-state index contributed by atoms with van der Waals surface area (Å²) in [7, 11) is 1.55. The molecule has 0 spiro atoms. The van der Waals surface area contributed by atoms with E-state index in [-0.39, 0.29) is 12.1 Å². The van der Waals surface area contributed by atoms with Crippen molar-refractivity contribution in [1.29, 1.82) is 0 Å². The zero-order valence-electron chi connectivity index (χ0n) is 12.5. The van der Waals surface area contributed by atoms with E-state index >= 15 is 0 Å². The van der Waals surface area contributed by atoms with Crippen molar-refractivity contribution in [2.45, 2.75) is 13.0 Å². The van der Waals surface area contributed by atoms with E-state index in [1.165, 1.54) is 0 Å². The molecule has 1 aromatic rings. The Hall–Kier alpha value is -1.86. The lowest BCUT2D eigenvalue weighted by Gasteiger charge is -2.29. The normalized spacial score (nSPS) is 17.0. The molecule has 21 heavy (non-hydrogen) atoms. The molecule has 1 aromatic heterocycles. The van der Waals surface area contributed by atoms with E-state index in [9.17, 15) is 4.79 Å². The fourth-order valence-corrected chi connectivity index (χ4v) is 2.18. The van der Waals surface area contributed by atoms with Crippen LogP contribution in [0.3, 0.4) is 0 Å². The van der Waals surface area contributed by atoms with Crippen LogP contribution in [0.25, 0.3) is 0 Å². The largest absolute Gasteiger partial charge is 0.481 e. The number of anilines is 1. The first-order chi connectivity index (χ1) is 10.2. The zero-order valence-corrected chi connectivity index (χ0v) is 12.5. The Bertz CT molecular complexity index is 446. The lowest BCUT2D eigenvalue weighted by atomic mass is 10.3. The van der Waals surface area contributed by atoms with Crippen molar-refractivity contribution in [3.63, 3.8) is 0 Å². The van der Waals surface area contributed by atoms with Gasteiger partial charge in [-0.25, -0.2) is 9.78 Å². The number of carbonyl (C=O) groups is 1. The van der Waals surface area contributed by atoms with Crippen LogP contribution >= 0.6 is 0 Å². The third-order valence-corrected chi connectivity index (χ3v) is 3.22. The van der Waals surface area contributed by atoms with Crippen LogP contribution in [0.15, 0.2) is 18.3 Å². The van der Waals surface area contributed by atoms with Crippen molar-refractivity contribution in [3.05, 3.63) is 18.3 Å². The lowest BCUT2D eigenvalue weighted by Crippen LogP contribution is -2.47. The van der Waals surface area contributed by atoms with E-state index in [4.69, 9.17) is 9.47 Å².